The van der Waals surface area contributed by atoms with Gasteiger partial charge in [-0.1, -0.05) is 18.2 Å². The minimum atomic E-state index is -0.654. The maximum absolute atomic E-state index is 12.4. The van der Waals surface area contributed by atoms with Gasteiger partial charge in [0, 0.05) is 17.3 Å². The average Bonchev–Trinajstić information content (AvgIpc) is 3.56. The van der Waals surface area contributed by atoms with Crippen LogP contribution in [0.15, 0.2) is 54.6 Å². The lowest BCUT2D eigenvalue weighted by atomic mass is 10.2. The summed E-state index contributed by atoms with van der Waals surface area (Å²) in [6.45, 7) is -0.620. The molecule has 1 saturated carbocycles. The van der Waals surface area contributed by atoms with Crippen molar-refractivity contribution in [3.63, 3.8) is 0 Å². The highest BCUT2D eigenvalue weighted by atomic mass is 16.5. The molecule has 0 atom stereocenters. The molecule has 0 unspecified atom stereocenters. The number of rotatable bonds is 7. The predicted molar refractivity (Wildman–Crippen MR) is 102 cm³/mol. The third-order valence-electron chi connectivity index (χ3n) is 4.26. The van der Waals surface area contributed by atoms with Crippen LogP contribution < -0.4 is 10.2 Å². The summed E-state index contributed by atoms with van der Waals surface area (Å²) in [7, 11) is 0. The Kier molecular flexibility index (Phi) is 6.02. The highest BCUT2D eigenvalue weighted by molar-refractivity contribution is 5.98. The normalized spacial score (nSPS) is 12.5. The van der Waals surface area contributed by atoms with Gasteiger partial charge in [-0.05, 0) is 49.2 Å². The van der Waals surface area contributed by atoms with Crippen molar-refractivity contribution < 1.29 is 19.1 Å². The Morgan fingerprint density at radius 2 is 1.75 bits per heavy atom. The van der Waals surface area contributed by atoms with Crippen LogP contribution in [0, 0.1) is 17.2 Å². The van der Waals surface area contributed by atoms with Gasteiger partial charge in [0.15, 0.2) is 6.61 Å². The Balaban J connectivity index is 1.55. The van der Waals surface area contributed by atoms with Crippen LogP contribution in [0.2, 0.25) is 0 Å². The van der Waals surface area contributed by atoms with Crippen LogP contribution in [-0.4, -0.2) is 30.9 Å². The summed E-state index contributed by atoms with van der Waals surface area (Å²) >= 11 is 0. The molecule has 2 amide bonds. The van der Waals surface area contributed by atoms with Crippen molar-refractivity contribution in [2.75, 3.05) is 23.4 Å². The topological polar surface area (TPSA) is 99.5 Å². The number of ether oxygens (including phenoxy) is 1. The number of carbonyl (C=O) groups is 3. The fourth-order valence-corrected chi connectivity index (χ4v) is 2.57. The molecule has 2 aromatic rings. The zero-order chi connectivity index (χ0) is 19.9. The maximum Gasteiger partial charge on any atom is 0.338 e. The number of esters is 1. The number of nitrogens with zero attached hydrogens (tertiary/aromatic N) is 2. The van der Waals surface area contributed by atoms with Crippen molar-refractivity contribution >= 4 is 29.2 Å². The summed E-state index contributed by atoms with van der Waals surface area (Å²) in [4.78, 5) is 37.5. The van der Waals surface area contributed by atoms with Crippen molar-refractivity contribution in [1.82, 2.24) is 0 Å². The summed E-state index contributed by atoms with van der Waals surface area (Å²) in [5, 5.41) is 11.7. The van der Waals surface area contributed by atoms with E-state index in [1.807, 2.05) is 6.07 Å². The molecule has 0 aromatic heterocycles. The van der Waals surface area contributed by atoms with Crippen LogP contribution in [0.1, 0.15) is 23.2 Å². The molecule has 2 aromatic carbocycles. The fraction of sp³-hybridized carbons (Fsp3) is 0.238. The Labute approximate surface area is 162 Å². The molecule has 0 bridgehead atoms. The van der Waals surface area contributed by atoms with E-state index in [-0.39, 0.29) is 23.9 Å². The molecule has 1 fully saturated rings. The van der Waals surface area contributed by atoms with Gasteiger partial charge < -0.3 is 10.1 Å². The molecule has 0 heterocycles. The Morgan fingerprint density at radius 3 is 2.36 bits per heavy atom. The largest absolute Gasteiger partial charge is 0.452 e. The lowest BCUT2D eigenvalue weighted by Crippen LogP contribution is -2.35. The Morgan fingerprint density at radius 1 is 1.07 bits per heavy atom. The van der Waals surface area contributed by atoms with Crippen LogP contribution in [0.25, 0.3) is 0 Å². The van der Waals surface area contributed by atoms with Crippen LogP contribution in [0.4, 0.5) is 11.4 Å². The minimum absolute atomic E-state index is 0.0144. The third kappa shape index (κ3) is 4.95. The number of para-hydroxylation sites is 1. The number of amides is 2. The first kappa shape index (κ1) is 19.1. The van der Waals surface area contributed by atoms with Crippen LogP contribution in [0.3, 0.4) is 0 Å². The molecule has 142 valence electrons. The van der Waals surface area contributed by atoms with Gasteiger partial charge in [0.05, 0.1) is 11.6 Å². The lowest BCUT2D eigenvalue weighted by molar-refractivity contribution is -0.121. The summed E-state index contributed by atoms with van der Waals surface area (Å²) in [5.74, 6) is -1.07. The van der Waals surface area contributed by atoms with E-state index in [1.165, 1.54) is 17.0 Å². The SMILES string of the molecule is N#CCN(C(=O)COC(=O)c1ccc(NC(=O)C2CC2)cc1)c1ccccc1. The zero-order valence-corrected chi connectivity index (χ0v) is 15.1. The molecule has 7 nitrogen and oxygen atoms in total. The molecule has 0 saturated heterocycles. The van der Waals surface area contributed by atoms with Gasteiger partial charge in [-0.3, -0.25) is 14.5 Å². The summed E-state index contributed by atoms with van der Waals surface area (Å²) in [6.07, 6.45) is 1.83. The first-order valence-corrected chi connectivity index (χ1v) is 8.89. The van der Waals surface area contributed by atoms with Crippen LogP contribution >= 0.6 is 0 Å². The molecule has 1 aliphatic carbocycles. The van der Waals surface area contributed by atoms with E-state index >= 15 is 0 Å². The van der Waals surface area contributed by atoms with Gasteiger partial charge in [-0.25, -0.2) is 4.79 Å². The molecule has 0 aliphatic heterocycles. The highest BCUT2D eigenvalue weighted by Crippen LogP contribution is 2.30. The van der Waals surface area contributed by atoms with Crippen molar-refractivity contribution in [3.05, 3.63) is 60.2 Å². The summed E-state index contributed by atoms with van der Waals surface area (Å²) < 4.78 is 5.08. The van der Waals surface area contributed by atoms with Gasteiger partial charge in [0.2, 0.25) is 5.91 Å². The second-order valence-corrected chi connectivity index (χ2v) is 6.39. The van der Waals surface area contributed by atoms with E-state index in [0.717, 1.165) is 12.8 Å². The van der Waals surface area contributed by atoms with E-state index in [1.54, 1.807) is 42.5 Å². The van der Waals surface area contributed by atoms with Crippen LogP contribution in [-0.2, 0) is 14.3 Å². The first-order valence-electron chi connectivity index (χ1n) is 8.89. The molecule has 0 radical (unpaired) electrons. The maximum atomic E-state index is 12.4. The van der Waals surface area contributed by atoms with Crippen molar-refractivity contribution in [2.24, 2.45) is 5.92 Å². The predicted octanol–water partition coefficient (Wildman–Crippen LogP) is 2.75. The minimum Gasteiger partial charge on any atom is -0.452 e. The molecule has 28 heavy (non-hydrogen) atoms. The zero-order valence-electron chi connectivity index (χ0n) is 15.1. The molecular formula is C21H19N3O4. The van der Waals surface area contributed by atoms with E-state index in [9.17, 15) is 14.4 Å². The van der Waals surface area contributed by atoms with Gasteiger partial charge in [-0.2, -0.15) is 5.26 Å². The number of carbonyl (C=O) groups excluding carboxylic acids is 3. The first-order chi connectivity index (χ1) is 13.6. The lowest BCUT2D eigenvalue weighted by Gasteiger charge is -2.19. The Bertz CT molecular complexity index is 899. The third-order valence-corrected chi connectivity index (χ3v) is 4.26. The Hall–Kier alpha value is -3.66. The smallest absolute Gasteiger partial charge is 0.338 e. The van der Waals surface area contributed by atoms with E-state index in [0.29, 0.717) is 11.4 Å². The second kappa shape index (κ2) is 8.82. The summed E-state index contributed by atoms with van der Waals surface area (Å²) in [5.41, 5.74) is 1.43. The van der Waals surface area contributed by atoms with Gasteiger partial charge >= 0.3 is 5.97 Å². The number of anilines is 2. The summed E-state index contributed by atoms with van der Waals surface area (Å²) in [6, 6.07) is 16.9. The molecule has 7 heteroatoms. The monoisotopic (exact) mass is 377 g/mol. The number of nitrogens with one attached hydrogen (secondary N) is 1. The number of benzene rings is 2. The number of hydrogen-bond acceptors (Lipinski definition) is 5. The highest BCUT2D eigenvalue weighted by Gasteiger charge is 2.29. The fourth-order valence-electron chi connectivity index (χ4n) is 2.57. The van der Waals surface area contributed by atoms with Crippen LogP contribution in [0.5, 0.6) is 0 Å². The van der Waals surface area contributed by atoms with Crippen molar-refractivity contribution in [2.45, 2.75) is 12.8 Å². The van der Waals surface area contributed by atoms with Gasteiger partial charge in [0.25, 0.3) is 5.91 Å². The van der Waals surface area contributed by atoms with Gasteiger partial charge in [0.1, 0.15) is 6.54 Å². The number of hydrogen-bond donors (Lipinski definition) is 1. The average molecular weight is 377 g/mol. The molecule has 1 N–H and O–H groups in total. The van der Waals surface area contributed by atoms with E-state index in [4.69, 9.17) is 10.00 Å². The number of nitriles is 1. The molecule has 1 aliphatic rings. The van der Waals surface area contributed by atoms with Gasteiger partial charge in [-0.15, -0.1) is 0 Å². The van der Waals surface area contributed by atoms with Crippen molar-refractivity contribution in [1.29, 1.82) is 5.26 Å². The molecule has 3 rings (SSSR count). The standard InChI is InChI=1S/C21H19N3O4/c22-12-13-24(18-4-2-1-3-5-18)19(25)14-28-21(27)16-8-10-17(11-9-16)23-20(26)15-6-7-15/h1-5,8-11,15H,6-7,13-14H2,(H,23,26). The van der Waals surface area contributed by atoms with E-state index in [2.05, 4.69) is 5.32 Å². The van der Waals surface area contributed by atoms with Crippen molar-refractivity contribution in [3.8, 4) is 6.07 Å². The molecule has 0 spiro atoms. The molecular weight excluding hydrogens is 358 g/mol. The second-order valence-electron chi connectivity index (χ2n) is 6.39. The quantitative estimate of drug-likeness (QED) is 0.591. The van der Waals surface area contributed by atoms with E-state index < -0.39 is 18.5 Å².